The van der Waals surface area contributed by atoms with Crippen molar-refractivity contribution in [1.82, 2.24) is 0 Å². The Balaban J connectivity index is -0.000000295. The zero-order valence-corrected chi connectivity index (χ0v) is 13.8. The van der Waals surface area contributed by atoms with Crippen molar-refractivity contribution in [3.8, 4) is 0 Å². The van der Waals surface area contributed by atoms with Crippen LogP contribution in [0.4, 0.5) is 0 Å². The van der Waals surface area contributed by atoms with Gasteiger partial charge in [0.25, 0.3) is 0 Å². The van der Waals surface area contributed by atoms with Gasteiger partial charge in [0, 0.05) is 17.1 Å². The minimum absolute atomic E-state index is 0. The van der Waals surface area contributed by atoms with Crippen molar-refractivity contribution in [2.45, 2.75) is 41.5 Å². The predicted molar refractivity (Wildman–Crippen MR) is 71.1 cm³/mol. The van der Waals surface area contributed by atoms with Crippen LogP contribution >= 0.6 is 0 Å². The first-order chi connectivity index (χ1) is 8.93. The summed E-state index contributed by atoms with van der Waals surface area (Å²) < 4.78 is 0. The zero-order valence-electron chi connectivity index (χ0n) is 12.9. The SMILES string of the molecule is CC(=O)C(C(C)=O)C(C)=O.CC(=O)C(C(C)=O)C(C)=O.[Cu]. The smallest absolute Gasteiger partial charge is 0.147 e. The molecule has 0 saturated heterocycles. The van der Waals surface area contributed by atoms with Gasteiger partial charge in [-0.3, -0.25) is 28.8 Å². The largest absolute Gasteiger partial charge is 0.299 e. The van der Waals surface area contributed by atoms with E-state index < -0.39 is 11.8 Å². The van der Waals surface area contributed by atoms with Gasteiger partial charge in [0.1, 0.15) is 46.5 Å². The molecule has 21 heavy (non-hydrogen) atoms. The van der Waals surface area contributed by atoms with Crippen LogP contribution in [-0.2, 0) is 45.8 Å². The van der Waals surface area contributed by atoms with Gasteiger partial charge in [0.2, 0.25) is 0 Å². The second-order valence-corrected chi connectivity index (χ2v) is 4.53. The topological polar surface area (TPSA) is 102 Å². The Kier molecular flexibility index (Phi) is 13.1. The number of hydrogen-bond acceptors (Lipinski definition) is 6. The van der Waals surface area contributed by atoms with Crippen molar-refractivity contribution < 1.29 is 45.8 Å². The van der Waals surface area contributed by atoms with Crippen molar-refractivity contribution in [2.24, 2.45) is 11.8 Å². The third-order valence-electron chi connectivity index (χ3n) is 2.44. The second-order valence-electron chi connectivity index (χ2n) is 4.53. The van der Waals surface area contributed by atoms with Crippen LogP contribution in [0.1, 0.15) is 41.5 Å². The van der Waals surface area contributed by atoms with E-state index in [1.807, 2.05) is 0 Å². The maximum Gasteiger partial charge on any atom is 0.147 e. The Morgan fingerprint density at radius 2 is 0.524 bits per heavy atom. The summed E-state index contributed by atoms with van der Waals surface area (Å²) >= 11 is 0. The summed E-state index contributed by atoms with van der Waals surface area (Å²) in [4.78, 5) is 63.5. The molecule has 123 valence electrons. The molecule has 0 aliphatic rings. The third kappa shape index (κ3) is 9.98. The second kappa shape index (κ2) is 11.2. The standard InChI is InChI=1S/2C7H10O3.Cu/c2*1-4(8)7(5(2)9)6(3)10;/h2*7H,1-3H3;. The maximum absolute atomic E-state index is 10.6. The monoisotopic (exact) mass is 347 g/mol. The van der Waals surface area contributed by atoms with Crippen molar-refractivity contribution >= 4 is 34.7 Å². The molecule has 0 heterocycles. The van der Waals surface area contributed by atoms with Crippen molar-refractivity contribution in [1.29, 1.82) is 0 Å². The average molecular weight is 348 g/mol. The van der Waals surface area contributed by atoms with Crippen molar-refractivity contribution in [3.63, 3.8) is 0 Å². The molecule has 0 spiro atoms. The van der Waals surface area contributed by atoms with Gasteiger partial charge in [-0.2, -0.15) is 0 Å². The zero-order chi connectivity index (χ0) is 16.6. The maximum atomic E-state index is 10.6. The molecule has 0 fully saturated rings. The molecule has 0 aliphatic carbocycles. The molecule has 0 amide bonds. The molecule has 0 aromatic heterocycles. The summed E-state index contributed by atoms with van der Waals surface area (Å²) in [6, 6.07) is 0. The van der Waals surface area contributed by atoms with Crippen LogP contribution in [-0.4, -0.2) is 34.7 Å². The van der Waals surface area contributed by atoms with Crippen molar-refractivity contribution in [3.05, 3.63) is 0 Å². The van der Waals surface area contributed by atoms with Crippen LogP contribution in [0.5, 0.6) is 0 Å². The molecule has 0 N–H and O–H groups in total. The van der Waals surface area contributed by atoms with E-state index in [1.54, 1.807) is 0 Å². The molecule has 0 aromatic rings. The van der Waals surface area contributed by atoms with Crippen LogP contribution in [0.3, 0.4) is 0 Å². The molecule has 7 heteroatoms. The Morgan fingerprint density at radius 1 is 0.429 bits per heavy atom. The number of Topliss-reactive ketones (excluding diaryl/α,β-unsaturated/α-hetero) is 6. The van der Waals surface area contributed by atoms with Crippen LogP contribution in [0, 0.1) is 11.8 Å². The summed E-state index contributed by atoms with van der Waals surface area (Å²) in [5.41, 5.74) is 0. The fourth-order valence-corrected chi connectivity index (χ4v) is 1.72. The first kappa shape index (κ1) is 24.6. The van der Waals surface area contributed by atoms with Gasteiger partial charge >= 0.3 is 0 Å². The minimum atomic E-state index is -1.03. The van der Waals surface area contributed by atoms with Crippen LogP contribution in [0.25, 0.3) is 0 Å². The van der Waals surface area contributed by atoms with E-state index >= 15 is 0 Å². The van der Waals surface area contributed by atoms with E-state index in [0.29, 0.717) is 0 Å². The molecule has 0 atom stereocenters. The summed E-state index contributed by atoms with van der Waals surface area (Å²) in [5, 5.41) is 0. The Labute approximate surface area is 134 Å². The first-order valence-corrected chi connectivity index (χ1v) is 5.96. The van der Waals surface area contributed by atoms with E-state index in [2.05, 4.69) is 0 Å². The number of rotatable bonds is 6. The van der Waals surface area contributed by atoms with Crippen LogP contribution < -0.4 is 0 Å². The molecule has 1 radical (unpaired) electrons. The predicted octanol–water partition coefficient (Wildman–Crippen LogP) is 0.737. The molecule has 0 bridgehead atoms. The van der Waals surface area contributed by atoms with Gasteiger partial charge in [0.05, 0.1) is 0 Å². The Bertz CT molecular complexity index is 344. The number of ketones is 6. The van der Waals surface area contributed by atoms with Gasteiger partial charge in [-0.05, 0) is 41.5 Å². The van der Waals surface area contributed by atoms with E-state index in [-0.39, 0.29) is 51.8 Å². The van der Waals surface area contributed by atoms with Crippen LogP contribution in [0.15, 0.2) is 0 Å². The van der Waals surface area contributed by atoms with Gasteiger partial charge in [-0.1, -0.05) is 0 Å². The summed E-state index contributed by atoms with van der Waals surface area (Å²) in [6.07, 6.45) is 0. The van der Waals surface area contributed by atoms with Crippen molar-refractivity contribution in [2.75, 3.05) is 0 Å². The molecule has 0 aromatic carbocycles. The summed E-state index contributed by atoms with van der Waals surface area (Å²) in [5.74, 6) is -4.31. The van der Waals surface area contributed by atoms with E-state index in [1.165, 1.54) is 41.5 Å². The fourth-order valence-electron chi connectivity index (χ4n) is 1.72. The van der Waals surface area contributed by atoms with Crippen LogP contribution in [0.2, 0.25) is 0 Å². The van der Waals surface area contributed by atoms with Gasteiger partial charge in [-0.25, -0.2) is 0 Å². The Hall–Kier alpha value is -1.46. The van der Waals surface area contributed by atoms with Gasteiger partial charge in [0.15, 0.2) is 0 Å². The van der Waals surface area contributed by atoms with E-state index in [9.17, 15) is 28.8 Å². The molecule has 0 aliphatic heterocycles. The van der Waals surface area contributed by atoms with E-state index in [4.69, 9.17) is 0 Å². The van der Waals surface area contributed by atoms with Gasteiger partial charge in [-0.15, -0.1) is 0 Å². The summed E-state index contributed by atoms with van der Waals surface area (Å²) in [7, 11) is 0. The average Bonchev–Trinajstić information content (AvgIpc) is 2.12. The first-order valence-electron chi connectivity index (χ1n) is 5.96. The number of hydrogen-bond donors (Lipinski definition) is 0. The quantitative estimate of drug-likeness (QED) is 0.518. The molecule has 0 unspecified atom stereocenters. The molecular weight excluding hydrogens is 328 g/mol. The number of carbonyl (C=O) groups is 6. The minimum Gasteiger partial charge on any atom is -0.299 e. The molecule has 0 rings (SSSR count). The fraction of sp³-hybridized carbons (Fsp3) is 0.571. The molecule has 0 saturated carbocycles. The molecular formula is C14H20CuO6. The third-order valence-corrected chi connectivity index (χ3v) is 2.44. The number of carbonyl (C=O) groups excluding carboxylic acids is 6. The normalized spacial score (nSPS) is 9.14. The molecule has 6 nitrogen and oxygen atoms in total. The van der Waals surface area contributed by atoms with Gasteiger partial charge < -0.3 is 0 Å². The Morgan fingerprint density at radius 3 is 0.524 bits per heavy atom. The van der Waals surface area contributed by atoms with E-state index in [0.717, 1.165) is 0 Å². The summed E-state index contributed by atoms with van der Waals surface area (Å²) in [6.45, 7) is 7.46.